The highest BCUT2D eigenvalue weighted by molar-refractivity contribution is 5.86. The smallest absolute Gasteiger partial charge is 0.222 e. The highest BCUT2D eigenvalue weighted by Gasteiger charge is 2.21. The van der Waals surface area contributed by atoms with Crippen molar-refractivity contribution >= 4 is 22.8 Å². The predicted molar refractivity (Wildman–Crippen MR) is 119 cm³/mol. The van der Waals surface area contributed by atoms with Crippen molar-refractivity contribution in [2.75, 3.05) is 30.9 Å². The lowest BCUT2D eigenvalue weighted by Gasteiger charge is -2.29. The fraction of sp³-hybridized carbons (Fsp3) is 0.476. The Kier molecular flexibility index (Phi) is 7.07. The number of aliphatic hydroxyl groups is 1. The summed E-state index contributed by atoms with van der Waals surface area (Å²) in [6.45, 7) is 5.82. The quantitative estimate of drug-likeness (QED) is 0.460. The molecule has 0 aliphatic rings. The van der Waals surface area contributed by atoms with Gasteiger partial charge in [-0.1, -0.05) is 25.5 Å². The highest BCUT2D eigenvalue weighted by atomic mass is 16.5. The van der Waals surface area contributed by atoms with Gasteiger partial charge in [0.15, 0.2) is 11.3 Å². The van der Waals surface area contributed by atoms with Crippen molar-refractivity contribution in [1.29, 1.82) is 0 Å². The van der Waals surface area contributed by atoms with Crippen molar-refractivity contribution in [3.63, 3.8) is 0 Å². The van der Waals surface area contributed by atoms with Crippen molar-refractivity contribution in [3.05, 3.63) is 35.5 Å². The number of unbranched alkanes of at least 4 members (excludes halogenated alkanes) is 1. The molecule has 2 heterocycles. The molecule has 0 bridgehead atoms. The summed E-state index contributed by atoms with van der Waals surface area (Å²) in [5, 5.41) is 14.5. The average Bonchev–Trinajstić information content (AvgIpc) is 3.15. The maximum atomic E-state index is 9.74. The van der Waals surface area contributed by atoms with E-state index in [9.17, 15) is 5.11 Å². The first kappa shape index (κ1) is 21.8. The largest absolute Gasteiger partial charge is 0.496 e. The van der Waals surface area contributed by atoms with E-state index in [4.69, 9.17) is 21.3 Å². The number of methoxy groups -OCH3 is 1. The van der Waals surface area contributed by atoms with Gasteiger partial charge in [0.1, 0.15) is 11.3 Å². The van der Waals surface area contributed by atoms with Gasteiger partial charge in [0.2, 0.25) is 5.95 Å². The van der Waals surface area contributed by atoms with Crippen LogP contribution in [-0.2, 0) is 13.1 Å². The van der Waals surface area contributed by atoms with E-state index in [1.54, 1.807) is 7.11 Å². The second-order valence-electron chi connectivity index (χ2n) is 7.39. The summed E-state index contributed by atoms with van der Waals surface area (Å²) < 4.78 is 7.33. The lowest BCUT2D eigenvalue weighted by atomic mass is 10.1. The fourth-order valence-electron chi connectivity index (χ4n) is 3.43. The summed E-state index contributed by atoms with van der Waals surface area (Å²) >= 11 is 0. The topological polar surface area (TPSA) is 128 Å². The SMILES string of the molecule is CCCCN(c1nc(N)nc2cn(Cc3ccc(CN)cc3OC)nc12)C(C)CO. The number of benzene rings is 1. The lowest BCUT2D eigenvalue weighted by molar-refractivity contribution is 0.266. The maximum Gasteiger partial charge on any atom is 0.222 e. The molecule has 0 fully saturated rings. The Labute approximate surface area is 176 Å². The molecule has 162 valence electrons. The van der Waals surface area contributed by atoms with Crippen LogP contribution >= 0.6 is 0 Å². The van der Waals surface area contributed by atoms with E-state index in [0.717, 1.165) is 36.3 Å². The number of fused-ring (bicyclic) bond motifs is 1. The van der Waals surface area contributed by atoms with E-state index in [2.05, 4.69) is 21.8 Å². The zero-order valence-electron chi connectivity index (χ0n) is 17.9. The number of nitrogen functional groups attached to an aromatic ring is 1. The van der Waals surface area contributed by atoms with Gasteiger partial charge >= 0.3 is 0 Å². The minimum Gasteiger partial charge on any atom is -0.496 e. The molecule has 0 spiro atoms. The molecule has 9 nitrogen and oxygen atoms in total. The van der Waals surface area contributed by atoms with Gasteiger partial charge < -0.3 is 26.2 Å². The number of nitrogens with two attached hydrogens (primary N) is 2. The molecule has 0 amide bonds. The van der Waals surface area contributed by atoms with Gasteiger partial charge in [0.25, 0.3) is 0 Å². The normalized spacial score (nSPS) is 12.3. The summed E-state index contributed by atoms with van der Waals surface area (Å²) in [6.07, 6.45) is 3.86. The number of rotatable bonds is 10. The van der Waals surface area contributed by atoms with Crippen molar-refractivity contribution in [1.82, 2.24) is 19.7 Å². The molecular weight excluding hydrogens is 382 g/mol. The Bertz CT molecular complexity index is 989. The molecule has 30 heavy (non-hydrogen) atoms. The summed E-state index contributed by atoms with van der Waals surface area (Å²) in [7, 11) is 1.64. The van der Waals surface area contributed by atoms with Gasteiger partial charge in [-0.25, -0.2) is 4.98 Å². The molecule has 0 aliphatic heterocycles. The van der Waals surface area contributed by atoms with Gasteiger partial charge in [-0.15, -0.1) is 0 Å². The molecule has 0 aliphatic carbocycles. The number of nitrogens with zero attached hydrogens (tertiary/aromatic N) is 5. The Hall–Kier alpha value is -2.91. The third-order valence-corrected chi connectivity index (χ3v) is 5.15. The standard InChI is InChI=1S/C21H31N7O2/c1-4-5-8-28(14(2)13-29)20-19-17(24-21(23)25-20)12-27(26-19)11-16-7-6-15(10-22)9-18(16)30-3/h6-7,9,12,14,29H,4-5,8,10-11,13,22H2,1-3H3,(H2,23,24). The van der Waals surface area contributed by atoms with Gasteiger partial charge in [-0.2, -0.15) is 10.1 Å². The van der Waals surface area contributed by atoms with Crippen molar-refractivity contribution in [2.45, 2.75) is 45.8 Å². The monoisotopic (exact) mass is 413 g/mol. The zero-order valence-corrected chi connectivity index (χ0v) is 17.9. The number of hydrogen-bond acceptors (Lipinski definition) is 8. The number of aromatic nitrogens is 4. The zero-order chi connectivity index (χ0) is 21.7. The molecule has 0 saturated heterocycles. The van der Waals surface area contributed by atoms with Crippen molar-refractivity contribution in [3.8, 4) is 5.75 Å². The van der Waals surface area contributed by atoms with Crippen LogP contribution in [0.15, 0.2) is 24.4 Å². The van der Waals surface area contributed by atoms with Crippen molar-refractivity contribution < 1.29 is 9.84 Å². The maximum absolute atomic E-state index is 9.74. The molecule has 1 atom stereocenters. The van der Waals surface area contributed by atoms with Crippen LogP contribution in [0.2, 0.25) is 0 Å². The molecule has 3 aromatic rings. The highest BCUT2D eigenvalue weighted by Crippen LogP contribution is 2.27. The fourth-order valence-corrected chi connectivity index (χ4v) is 3.43. The average molecular weight is 414 g/mol. The lowest BCUT2D eigenvalue weighted by Crippen LogP contribution is -2.37. The van der Waals surface area contributed by atoms with E-state index in [1.165, 1.54) is 0 Å². The summed E-state index contributed by atoms with van der Waals surface area (Å²) in [6, 6.07) is 5.81. The van der Waals surface area contributed by atoms with Crippen molar-refractivity contribution in [2.24, 2.45) is 5.73 Å². The first-order valence-corrected chi connectivity index (χ1v) is 10.2. The summed E-state index contributed by atoms with van der Waals surface area (Å²) in [5.74, 6) is 1.60. The minimum absolute atomic E-state index is 0.0144. The van der Waals surface area contributed by atoms with Crippen LogP contribution in [-0.4, -0.2) is 51.2 Å². The molecule has 0 radical (unpaired) electrons. The first-order valence-electron chi connectivity index (χ1n) is 10.2. The summed E-state index contributed by atoms with van der Waals surface area (Å²) in [4.78, 5) is 10.9. The molecule has 1 aromatic carbocycles. The number of aliphatic hydroxyl groups excluding tert-OH is 1. The molecule has 3 rings (SSSR count). The number of hydrogen-bond donors (Lipinski definition) is 3. The van der Waals surface area contributed by atoms with Gasteiger partial charge in [0, 0.05) is 18.7 Å². The third-order valence-electron chi connectivity index (χ3n) is 5.15. The Morgan fingerprint density at radius 1 is 1.30 bits per heavy atom. The Morgan fingerprint density at radius 3 is 2.77 bits per heavy atom. The van der Waals surface area contributed by atoms with E-state index in [-0.39, 0.29) is 18.6 Å². The predicted octanol–water partition coefficient (Wildman–Crippen LogP) is 1.91. The molecule has 2 aromatic heterocycles. The van der Waals surface area contributed by atoms with E-state index >= 15 is 0 Å². The van der Waals surface area contributed by atoms with Crippen LogP contribution in [0.1, 0.15) is 37.8 Å². The second-order valence-corrected chi connectivity index (χ2v) is 7.39. The molecule has 0 saturated carbocycles. The molecule has 1 unspecified atom stereocenters. The van der Waals surface area contributed by atoms with Crippen LogP contribution in [0.4, 0.5) is 11.8 Å². The molecule has 5 N–H and O–H groups in total. The summed E-state index contributed by atoms with van der Waals surface area (Å²) in [5.41, 5.74) is 15.0. The third kappa shape index (κ3) is 4.63. The Balaban J connectivity index is 2.01. The van der Waals surface area contributed by atoms with E-state index < -0.39 is 0 Å². The van der Waals surface area contributed by atoms with Gasteiger partial charge in [-0.3, -0.25) is 4.68 Å². The van der Waals surface area contributed by atoms with E-state index in [0.29, 0.717) is 29.9 Å². The van der Waals surface area contributed by atoms with Crippen LogP contribution < -0.4 is 21.1 Å². The first-order chi connectivity index (χ1) is 14.5. The van der Waals surface area contributed by atoms with Crippen LogP contribution in [0.3, 0.4) is 0 Å². The minimum atomic E-state index is -0.108. The van der Waals surface area contributed by atoms with E-state index in [1.807, 2.05) is 36.0 Å². The van der Waals surface area contributed by atoms with Gasteiger partial charge in [0.05, 0.1) is 32.5 Å². The molecule has 9 heteroatoms. The Morgan fingerprint density at radius 2 is 2.10 bits per heavy atom. The van der Waals surface area contributed by atoms with Gasteiger partial charge in [-0.05, 0) is 25.0 Å². The molecular formula is C21H31N7O2. The van der Waals surface area contributed by atoms with Crippen LogP contribution in [0.5, 0.6) is 5.75 Å². The second kappa shape index (κ2) is 9.73. The van der Waals surface area contributed by atoms with Crippen LogP contribution in [0, 0.1) is 0 Å². The number of anilines is 2. The van der Waals surface area contributed by atoms with Crippen LogP contribution in [0.25, 0.3) is 11.0 Å². The number of ether oxygens (including phenoxy) is 1.